The lowest BCUT2D eigenvalue weighted by Gasteiger charge is -2.04. The largest absolute Gasteiger partial charge is 0.384 e. The van der Waals surface area contributed by atoms with E-state index in [4.69, 9.17) is 15.4 Å². The molecule has 0 aliphatic carbocycles. The third kappa shape index (κ3) is 4.75. The Morgan fingerprint density at radius 3 is 2.75 bits per heavy atom. The Bertz CT molecular complexity index is 45.7. The maximum atomic E-state index is 5.39. The van der Waals surface area contributed by atoms with Gasteiger partial charge in [0.25, 0.3) is 0 Å². The highest BCUT2D eigenvalue weighted by Crippen LogP contribution is 2.11. The van der Waals surface area contributed by atoms with Crippen LogP contribution in [-0.2, 0) is 4.74 Å². The maximum absolute atomic E-state index is 5.39. The van der Waals surface area contributed by atoms with E-state index in [1.54, 1.807) is 7.11 Å². The minimum atomic E-state index is 0.572. The minimum absolute atomic E-state index is 0.572. The van der Waals surface area contributed by atoms with Gasteiger partial charge in [-0.1, -0.05) is 17.9 Å². The topological polar surface area (TPSA) is 9.23 Å². The van der Waals surface area contributed by atoms with Crippen molar-refractivity contribution in [2.75, 3.05) is 19.5 Å². The van der Waals surface area contributed by atoms with Crippen LogP contribution in [0.1, 0.15) is 6.92 Å². The monoisotopic (exact) mass is 154 g/mol. The molecule has 1 nitrogen and oxygen atoms in total. The molecule has 0 bridgehead atoms. The second kappa shape index (κ2) is 5.73. The highest BCUT2D eigenvalue weighted by Gasteiger charge is 1.98. The van der Waals surface area contributed by atoms with Gasteiger partial charge in [-0.2, -0.15) is 0 Å². The maximum Gasteiger partial charge on any atom is 0.0496 e. The fourth-order valence-corrected chi connectivity index (χ4v) is 1.40. The lowest BCUT2D eigenvalue weighted by atomic mass is 10.2. The van der Waals surface area contributed by atoms with Crippen molar-refractivity contribution >= 4 is 21.7 Å². The molecule has 0 saturated carbocycles. The Morgan fingerprint density at radius 1 is 1.75 bits per heavy atom. The first kappa shape index (κ1) is 8.60. The summed E-state index contributed by atoms with van der Waals surface area (Å²) in [5.41, 5.74) is 0. The third-order valence-corrected chi connectivity index (χ3v) is 1.87. The number of hydrogen-bond acceptors (Lipinski definition) is 2. The number of rotatable bonds is 4. The second-order valence-corrected chi connectivity index (χ2v) is 3.04. The molecular formula is C5H11ClOS. The fraction of sp³-hybridized carbons (Fsp3) is 1.00. The smallest absolute Gasteiger partial charge is 0.0496 e. The van der Waals surface area contributed by atoms with Crippen molar-refractivity contribution in [3.05, 3.63) is 0 Å². The third-order valence-electron chi connectivity index (χ3n) is 0.799. The molecule has 50 valence electrons. The molecule has 0 saturated heterocycles. The Morgan fingerprint density at radius 2 is 2.38 bits per heavy atom. The molecule has 0 fully saturated rings. The predicted molar refractivity (Wildman–Crippen MR) is 39.4 cm³/mol. The summed E-state index contributed by atoms with van der Waals surface area (Å²) in [6.07, 6.45) is 0. The van der Waals surface area contributed by atoms with Crippen LogP contribution in [-0.4, -0.2) is 19.5 Å². The molecule has 0 aromatic carbocycles. The van der Waals surface area contributed by atoms with E-state index < -0.39 is 0 Å². The molecule has 8 heavy (non-hydrogen) atoms. The molecule has 0 aliphatic rings. The normalized spacial score (nSPS) is 13.9. The summed E-state index contributed by atoms with van der Waals surface area (Å²) in [5.74, 6) is 1.54. The van der Waals surface area contributed by atoms with E-state index in [0.29, 0.717) is 5.92 Å². The van der Waals surface area contributed by atoms with Crippen LogP contribution in [0.15, 0.2) is 0 Å². The van der Waals surface area contributed by atoms with Gasteiger partial charge in [0, 0.05) is 19.5 Å². The van der Waals surface area contributed by atoms with Crippen LogP contribution >= 0.6 is 21.7 Å². The van der Waals surface area contributed by atoms with Crippen molar-refractivity contribution in [1.29, 1.82) is 0 Å². The van der Waals surface area contributed by atoms with Crippen molar-refractivity contribution in [3.8, 4) is 0 Å². The van der Waals surface area contributed by atoms with Crippen molar-refractivity contribution in [1.82, 2.24) is 0 Å². The molecule has 0 spiro atoms. The molecule has 3 heteroatoms. The Labute approximate surface area is 59.2 Å². The van der Waals surface area contributed by atoms with Crippen LogP contribution in [0, 0.1) is 5.92 Å². The number of ether oxygens (including phenoxy) is 1. The zero-order valence-electron chi connectivity index (χ0n) is 5.19. The number of hydrogen-bond donors (Lipinski definition) is 0. The first-order valence-electron chi connectivity index (χ1n) is 2.53. The SMILES string of the molecule is COCC(C)CSCl. The van der Waals surface area contributed by atoms with Crippen LogP contribution < -0.4 is 0 Å². The van der Waals surface area contributed by atoms with Crippen molar-refractivity contribution in [3.63, 3.8) is 0 Å². The van der Waals surface area contributed by atoms with Gasteiger partial charge in [0.05, 0.1) is 0 Å². The van der Waals surface area contributed by atoms with Crippen LogP contribution in [0.25, 0.3) is 0 Å². The summed E-state index contributed by atoms with van der Waals surface area (Å²) in [7, 11) is 8.44. The van der Waals surface area contributed by atoms with E-state index in [2.05, 4.69) is 6.92 Å². The average molecular weight is 155 g/mol. The summed E-state index contributed by atoms with van der Waals surface area (Å²) < 4.78 is 4.88. The molecule has 0 aromatic rings. The molecule has 1 unspecified atom stereocenters. The number of halogens is 1. The first-order chi connectivity index (χ1) is 3.81. The second-order valence-electron chi connectivity index (χ2n) is 1.84. The molecule has 0 aliphatic heterocycles. The van der Waals surface area contributed by atoms with Crippen LogP contribution in [0.2, 0.25) is 0 Å². The van der Waals surface area contributed by atoms with Gasteiger partial charge >= 0.3 is 0 Å². The highest BCUT2D eigenvalue weighted by atomic mass is 35.7. The summed E-state index contributed by atoms with van der Waals surface area (Å²) in [6, 6.07) is 0. The van der Waals surface area contributed by atoms with Gasteiger partial charge in [0.2, 0.25) is 0 Å². The Kier molecular flexibility index (Phi) is 6.16. The van der Waals surface area contributed by atoms with Gasteiger partial charge in [0.15, 0.2) is 0 Å². The minimum Gasteiger partial charge on any atom is -0.384 e. The van der Waals surface area contributed by atoms with E-state index in [1.165, 1.54) is 11.0 Å². The van der Waals surface area contributed by atoms with Gasteiger partial charge in [0.1, 0.15) is 0 Å². The van der Waals surface area contributed by atoms with Gasteiger partial charge in [-0.05, 0) is 16.6 Å². The van der Waals surface area contributed by atoms with Crippen LogP contribution in [0.5, 0.6) is 0 Å². The van der Waals surface area contributed by atoms with Crippen LogP contribution in [0.3, 0.4) is 0 Å². The lowest BCUT2D eigenvalue weighted by molar-refractivity contribution is 0.168. The molecule has 1 atom stereocenters. The molecule has 0 aromatic heterocycles. The zero-order chi connectivity index (χ0) is 6.41. The van der Waals surface area contributed by atoms with E-state index in [0.717, 1.165) is 12.4 Å². The molecule has 0 radical (unpaired) electrons. The van der Waals surface area contributed by atoms with Gasteiger partial charge < -0.3 is 4.74 Å². The Balaban J connectivity index is 2.92. The zero-order valence-corrected chi connectivity index (χ0v) is 6.76. The highest BCUT2D eigenvalue weighted by molar-refractivity contribution is 8.21. The van der Waals surface area contributed by atoms with E-state index in [1.807, 2.05) is 0 Å². The summed E-state index contributed by atoms with van der Waals surface area (Å²) in [5, 5.41) is 0. The quantitative estimate of drug-likeness (QED) is 0.614. The van der Waals surface area contributed by atoms with Crippen molar-refractivity contribution in [2.24, 2.45) is 5.92 Å². The molecule has 0 heterocycles. The predicted octanol–water partition coefficient (Wildman–Crippen LogP) is 2.16. The van der Waals surface area contributed by atoms with E-state index >= 15 is 0 Å². The van der Waals surface area contributed by atoms with Gasteiger partial charge in [-0.25, -0.2) is 0 Å². The van der Waals surface area contributed by atoms with E-state index in [-0.39, 0.29) is 0 Å². The van der Waals surface area contributed by atoms with Crippen LogP contribution in [0.4, 0.5) is 0 Å². The summed E-state index contributed by atoms with van der Waals surface area (Å²) >= 11 is 0. The molecular weight excluding hydrogens is 144 g/mol. The number of methoxy groups -OCH3 is 1. The first-order valence-corrected chi connectivity index (χ1v) is 4.35. The lowest BCUT2D eigenvalue weighted by Crippen LogP contribution is -2.04. The molecule has 0 amide bonds. The van der Waals surface area contributed by atoms with E-state index in [9.17, 15) is 0 Å². The van der Waals surface area contributed by atoms with Gasteiger partial charge in [-0.15, -0.1) is 0 Å². The average Bonchev–Trinajstić information content (AvgIpc) is 1.68. The molecule has 0 rings (SSSR count). The standard InChI is InChI=1S/C5H11ClOS/c1-5(3-7-2)4-8-6/h5H,3-4H2,1-2H3. The molecule has 0 N–H and O–H groups in total. The Hall–Kier alpha value is 0.600. The summed E-state index contributed by atoms with van der Waals surface area (Å²) in [6.45, 7) is 2.92. The van der Waals surface area contributed by atoms with Crippen molar-refractivity contribution < 1.29 is 4.74 Å². The van der Waals surface area contributed by atoms with Gasteiger partial charge in [-0.3, -0.25) is 0 Å². The van der Waals surface area contributed by atoms with Crippen molar-refractivity contribution in [2.45, 2.75) is 6.92 Å². The summed E-state index contributed by atoms with van der Waals surface area (Å²) in [4.78, 5) is 0. The fourth-order valence-electron chi connectivity index (χ4n) is 0.440.